The number of aliphatic hydroxyl groups excluding tert-OH is 1. The number of anilines is 1. The number of nitrogens with one attached hydrogen (secondary N) is 1. The van der Waals surface area contributed by atoms with Crippen molar-refractivity contribution < 1.29 is 47.6 Å². The van der Waals surface area contributed by atoms with Gasteiger partial charge >= 0.3 is 24.0 Å². The number of ether oxygens (including phenoxy) is 4. The number of unbranched alkanes of at least 4 members (excludes halogenated alkanes) is 12. The summed E-state index contributed by atoms with van der Waals surface area (Å²) in [5.41, 5.74) is -0.608. The molecule has 55 heavy (non-hydrogen) atoms. The zero-order valence-corrected chi connectivity index (χ0v) is 31.9. The number of aliphatic hydroxyl groups is 1. The van der Waals surface area contributed by atoms with Crippen molar-refractivity contribution in [3.8, 4) is 0 Å². The van der Waals surface area contributed by atoms with Crippen LogP contribution in [0.2, 0.25) is 0 Å². The Balaban J connectivity index is 1.06. The van der Waals surface area contributed by atoms with E-state index in [1.807, 2.05) is 0 Å². The molecule has 14 nitrogen and oxygen atoms in total. The van der Waals surface area contributed by atoms with Gasteiger partial charge in [-0.15, -0.1) is 0 Å². The lowest BCUT2D eigenvalue weighted by molar-refractivity contribution is -0.146. The van der Waals surface area contributed by atoms with Gasteiger partial charge in [0, 0.05) is 31.2 Å². The highest BCUT2D eigenvalue weighted by Crippen LogP contribution is 2.39. The SMILES string of the molecule is CCCCCCCCCCCCCCCC(=O)OCc1ccccc1C(=O)OC[C@@]1(C)O[C@@H](n2cnc3c(NC(=O)[C@H]4CCC(=O)O4)nc(F)nc32)C[C@@H]1O. The van der Waals surface area contributed by atoms with Crippen LogP contribution in [0.15, 0.2) is 30.6 Å². The van der Waals surface area contributed by atoms with E-state index in [9.17, 15) is 28.7 Å². The van der Waals surface area contributed by atoms with Gasteiger partial charge in [-0.1, -0.05) is 102 Å². The number of cyclic esters (lactones) is 1. The lowest BCUT2D eigenvalue weighted by Gasteiger charge is -2.27. The number of aromatic nitrogens is 4. The molecule has 4 heterocycles. The monoisotopic (exact) mass is 767 g/mol. The summed E-state index contributed by atoms with van der Waals surface area (Å²) in [6.45, 7) is 3.41. The first-order valence-electron chi connectivity index (χ1n) is 19.7. The summed E-state index contributed by atoms with van der Waals surface area (Å²) in [5, 5.41) is 13.5. The van der Waals surface area contributed by atoms with Gasteiger partial charge in [-0.25, -0.2) is 9.78 Å². The first-order valence-corrected chi connectivity index (χ1v) is 19.7. The summed E-state index contributed by atoms with van der Waals surface area (Å²) in [7, 11) is 0. The molecular formula is C40H54FN5O9. The van der Waals surface area contributed by atoms with Crippen molar-refractivity contribution in [2.24, 2.45) is 0 Å². The third-order valence-corrected chi connectivity index (χ3v) is 10.3. The van der Waals surface area contributed by atoms with Crippen LogP contribution in [-0.4, -0.2) is 72.9 Å². The van der Waals surface area contributed by atoms with Gasteiger partial charge in [0.05, 0.1) is 18.0 Å². The lowest BCUT2D eigenvalue weighted by atomic mass is 10.0. The van der Waals surface area contributed by atoms with Crippen molar-refractivity contribution >= 4 is 40.8 Å². The maximum Gasteiger partial charge on any atom is 0.338 e. The van der Waals surface area contributed by atoms with Crippen LogP contribution in [0.1, 0.15) is 145 Å². The summed E-state index contributed by atoms with van der Waals surface area (Å²) in [6.07, 6.45) is 13.6. The fraction of sp³-hybridized carbons (Fsp3) is 0.625. The Kier molecular flexibility index (Phi) is 15.5. The maximum atomic E-state index is 14.6. The van der Waals surface area contributed by atoms with Crippen molar-refractivity contribution in [3.63, 3.8) is 0 Å². The normalized spacial score (nSPS) is 20.8. The zero-order valence-electron chi connectivity index (χ0n) is 31.9. The Labute approximate surface area is 320 Å². The molecule has 1 amide bonds. The largest absolute Gasteiger partial charge is 0.461 e. The molecule has 15 heteroatoms. The molecule has 0 aliphatic carbocycles. The molecule has 0 bridgehead atoms. The highest BCUT2D eigenvalue weighted by atomic mass is 19.1. The summed E-state index contributed by atoms with van der Waals surface area (Å²) in [6, 6.07) is 6.68. The van der Waals surface area contributed by atoms with Crippen LogP contribution in [0.4, 0.5) is 10.2 Å². The van der Waals surface area contributed by atoms with E-state index in [0.29, 0.717) is 12.0 Å². The molecule has 4 atom stereocenters. The minimum Gasteiger partial charge on any atom is -0.461 e. The summed E-state index contributed by atoms with van der Waals surface area (Å²) in [5.74, 6) is -2.40. The van der Waals surface area contributed by atoms with Gasteiger partial charge in [-0.2, -0.15) is 14.4 Å². The Hall–Kier alpha value is -4.50. The molecule has 2 aliphatic heterocycles. The second-order valence-corrected chi connectivity index (χ2v) is 14.7. The number of esters is 3. The van der Waals surface area contributed by atoms with Crippen LogP contribution in [0.25, 0.3) is 11.2 Å². The molecular weight excluding hydrogens is 713 g/mol. The molecule has 2 aliphatic rings. The van der Waals surface area contributed by atoms with Crippen LogP contribution in [0, 0.1) is 6.08 Å². The topological polar surface area (TPSA) is 181 Å². The first kappa shape index (κ1) is 41.7. The standard InChI is InChI=1S/C40H54FN5O9/c1-3-4-5-6-7-8-9-10-11-12-13-14-15-20-32(48)52-24-27-18-16-17-19-28(27)38(51)53-25-40(2)30(47)23-31(55-40)46-26-42-34-35(44-39(41)45-36(34)46)43-37(50)29-21-22-33(49)54-29/h16-19,26,29-31,47H,3-15,20-25H2,1-2H3,(H,43,44,45,50)/t29-,30+,31-,40-/m1/s1. The molecule has 5 rings (SSSR count). The highest BCUT2D eigenvalue weighted by molar-refractivity contribution is 6.00. The van der Waals surface area contributed by atoms with Gasteiger partial charge < -0.3 is 29.4 Å². The summed E-state index contributed by atoms with van der Waals surface area (Å²) < 4.78 is 38.2. The van der Waals surface area contributed by atoms with Crippen molar-refractivity contribution in [2.45, 2.75) is 154 Å². The van der Waals surface area contributed by atoms with Crippen LogP contribution >= 0.6 is 0 Å². The van der Waals surface area contributed by atoms with E-state index < -0.39 is 48.0 Å². The number of amides is 1. The number of hydrogen-bond acceptors (Lipinski definition) is 12. The van der Waals surface area contributed by atoms with E-state index >= 15 is 0 Å². The summed E-state index contributed by atoms with van der Waals surface area (Å²) in [4.78, 5) is 61.5. The molecule has 2 saturated heterocycles. The minimum absolute atomic E-state index is 0.0118. The molecule has 2 fully saturated rings. The number of imidazole rings is 1. The van der Waals surface area contributed by atoms with E-state index in [1.165, 1.54) is 75.1 Å². The molecule has 2 aromatic heterocycles. The van der Waals surface area contributed by atoms with Crippen molar-refractivity contribution in [2.75, 3.05) is 11.9 Å². The van der Waals surface area contributed by atoms with Gasteiger partial charge in [-0.05, 0) is 19.4 Å². The lowest BCUT2D eigenvalue weighted by Crippen LogP contribution is -2.41. The Morgan fingerprint density at radius 2 is 1.65 bits per heavy atom. The zero-order chi connectivity index (χ0) is 39.2. The van der Waals surface area contributed by atoms with Crippen molar-refractivity contribution in [3.05, 3.63) is 47.8 Å². The van der Waals surface area contributed by atoms with E-state index in [2.05, 4.69) is 27.2 Å². The number of carbonyl (C=O) groups is 4. The molecule has 0 spiro atoms. The van der Waals surface area contributed by atoms with Gasteiger partial charge in [0.2, 0.25) is 0 Å². The third-order valence-electron chi connectivity index (χ3n) is 10.3. The van der Waals surface area contributed by atoms with Crippen molar-refractivity contribution in [1.29, 1.82) is 0 Å². The highest BCUT2D eigenvalue weighted by Gasteiger charge is 2.47. The second kappa shape index (κ2) is 20.4. The minimum atomic E-state index is -1.36. The number of carbonyl (C=O) groups excluding carboxylic acids is 4. The Bertz CT molecular complexity index is 1770. The second-order valence-electron chi connectivity index (χ2n) is 14.7. The summed E-state index contributed by atoms with van der Waals surface area (Å²) >= 11 is 0. The molecule has 0 radical (unpaired) electrons. The average molecular weight is 768 g/mol. The predicted octanol–water partition coefficient (Wildman–Crippen LogP) is 7.03. The van der Waals surface area contributed by atoms with E-state index in [4.69, 9.17) is 18.9 Å². The van der Waals surface area contributed by atoms with Crippen LogP contribution in [-0.2, 0) is 39.9 Å². The fourth-order valence-electron chi connectivity index (χ4n) is 6.92. The molecule has 0 unspecified atom stereocenters. The number of halogens is 1. The molecule has 300 valence electrons. The Morgan fingerprint density at radius 3 is 2.33 bits per heavy atom. The van der Waals surface area contributed by atoms with Crippen molar-refractivity contribution in [1.82, 2.24) is 19.5 Å². The van der Waals surface area contributed by atoms with Gasteiger partial charge in [0.15, 0.2) is 23.1 Å². The van der Waals surface area contributed by atoms with E-state index in [-0.39, 0.29) is 61.0 Å². The number of nitrogens with zero attached hydrogens (tertiary/aromatic N) is 4. The Morgan fingerprint density at radius 1 is 0.982 bits per heavy atom. The molecule has 1 aromatic carbocycles. The van der Waals surface area contributed by atoms with Gasteiger partial charge in [0.1, 0.15) is 25.0 Å². The molecule has 2 N–H and O–H groups in total. The van der Waals surface area contributed by atoms with E-state index in [0.717, 1.165) is 19.3 Å². The first-order chi connectivity index (χ1) is 26.6. The number of rotatable bonds is 22. The number of benzene rings is 1. The van der Waals surface area contributed by atoms with E-state index in [1.54, 1.807) is 31.2 Å². The van der Waals surface area contributed by atoms with Gasteiger partial charge in [0.25, 0.3) is 5.91 Å². The predicted molar refractivity (Wildman–Crippen MR) is 199 cm³/mol. The van der Waals surface area contributed by atoms with Crippen LogP contribution in [0.5, 0.6) is 0 Å². The quantitative estimate of drug-likeness (QED) is 0.0462. The van der Waals surface area contributed by atoms with Crippen LogP contribution in [0.3, 0.4) is 0 Å². The average Bonchev–Trinajstić information content (AvgIpc) is 3.88. The number of hydrogen-bond donors (Lipinski definition) is 2. The smallest absolute Gasteiger partial charge is 0.338 e. The maximum absolute atomic E-state index is 14.6. The molecule has 0 saturated carbocycles. The van der Waals surface area contributed by atoms with Gasteiger partial charge in [-0.3, -0.25) is 19.0 Å². The molecule has 3 aromatic rings. The van der Waals surface area contributed by atoms with Crippen LogP contribution < -0.4 is 5.32 Å². The number of fused-ring (bicyclic) bond motifs is 1. The fourth-order valence-corrected chi connectivity index (χ4v) is 6.92. The third kappa shape index (κ3) is 11.7.